The highest BCUT2D eigenvalue weighted by atomic mass is 32.2. The fourth-order valence-electron chi connectivity index (χ4n) is 2.98. The van der Waals surface area contributed by atoms with Crippen LogP contribution in [0.15, 0.2) is 46.0 Å². The summed E-state index contributed by atoms with van der Waals surface area (Å²) in [7, 11) is -2.41. The number of esters is 1. The van der Waals surface area contributed by atoms with E-state index in [-0.39, 0.29) is 23.3 Å². The van der Waals surface area contributed by atoms with Crippen molar-refractivity contribution in [3.8, 4) is 0 Å². The maximum absolute atomic E-state index is 12.9. The van der Waals surface area contributed by atoms with Crippen molar-refractivity contribution >= 4 is 38.9 Å². The molecule has 0 bridgehead atoms. The Labute approximate surface area is 162 Å². The van der Waals surface area contributed by atoms with Crippen molar-refractivity contribution in [3.05, 3.63) is 46.7 Å². The molecule has 1 amide bonds. The lowest BCUT2D eigenvalue weighted by molar-refractivity contribution is -0.146. The molecule has 3 rings (SSSR count). The lowest BCUT2D eigenvalue weighted by atomic mass is 10.0. The first kappa shape index (κ1) is 19.5. The van der Waals surface area contributed by atoms with E-state index in [9.17, 15) is 18.0 Å². The Bertz CT molecular complexity index is 908. The van der Waals surface area contributed by atoms with E-state index in [1.165, 1.54) is 34.9 Å². The van der Waals surface area contributed by atoms with Crippen LogP contribution in [0.25, 0.3) is 0 Å². The van der Waals surface area contributed by atoms with Crippen molar-refractivity contribution in [3.63, 3.8) is 0 Å². The highest BCUT2D eigenvalue weighted by molar-refractivity contribution is 7.89. The number of nitrogens with zero attached hydrogens (tertiary/aromatic N) is 1. The second kappa shape index (κ2) is 8.20. The Morgan fingerprint density at radius 2 is 1.96 bits per heavy atom. The molecule has 0 radical (unpaired) electrons. The molecule has 0 saturated carbocycles. The van der Waals surface area contributed by atoms with Crippen LogP contribution in [0.3, 0.4) is 0 Å². The van der Waals surface area contributed by atoms with Crippen LogP contribution >= 0.6 is 11.3 Å². The standard InChI is InChI=1S/C18H20N2O5S2/c1-25-18(22)13-3-2-9-20(11-13)27(23,24)16-6-4-15(5-7-16)19-17(21)14-8-10-26-12-14/h4-8,10,12-13H,2-3,9,11H2,1H3,(H,19,21)/t13-/m1/s1. The average molecular weight is 409 g/mol. The minimum atomic E-state index is -3.71. The summed E-state index contributed by atoms with van der Waals surface area (Å²) in [6.45, 7) is 0.484. The molecular weight excluding hydrogens is 388 g/mol. The Morgan fingerprint density at radius 1 is 1.22 bits per heavy atom. The molecule has 1 N–H and O–H groups in total. The highest BCUT2D eigenvalue weighted by Gasteiger charge is 2.33. The molecule has 0 spiro atoms. The van der Waals surface area contributed by atoms with Gasteiger partial charge in [-0.2, -0.15) is 15.6 Å². The number of piperidine rings is 1. The smallest absolute Gasteiger partial charge is 0.309 e. The van der Waals surface area contributed by atoms with Gasteiger partial charge in [0.2, 0.25) is 10.0 Å². The Hall–Kier alpha value is -2.23. The Balaban J connectivity index is 1.71. The van der Waals surface area contributed by atoms with Crippen LogP contribution in [-0.4, -0.2) is 44.8 Å². The number of carbonyl (C=O) groups excluding carboxylic acids is 2. The number of nitrogens with one attached hydrogen (secondary N) is 1. The van der Waals surface area contributed by atoms with Gasteiger partial charge in [-0.3, -0.25) is 9.59 Å². The molecular formula is C18H20N2O5S2. The summed E-state index contributed by atoms with van der Waals surface area (Å²) in [5.74, 6) is -1.08. The van der Waals surface area contributed by atoms with Crippen LogP contribution in [0.1, 0.15) is 23.2 Å². The van der Waals surface area contributed by atoms with E-state index in [0.717, 1.165) is 0 Å². The van der Waals surface area contributed by atoms with Crippen LogP contribution in [-0.2, 0) is 19.6 Å². The Kier molecular flexibility index (Phi) is 5.93. The second-order valence-corrected chi connectivity index (χ2v) is 8.93. The van der Waals surface area contributed by atoms with E-state index in [1.54, 1.807) is 23.6 Å². The van der Waals surface area contributed by atoms with Crippen LogP contribution in [0.5, 0.6) is 0 Å². The largest absolute Gasteiger partial charge is 0.469 e. The molecule has 1 aromatic heterocycles. The molecule has 9 heteroatoms. The molecule has 1 atom stereocenters. The van der Waals surface area contributed by atoms with Crippen molar-refractivity contribution < 1.29 is 22.7 Å². The van der Waals surface area contributed by atoms with E-state index in [2.05, 4.69) is 5.32 Å². The third kappa shape index (κ3) is 4.37. The zero-order valence-electron chi connectivity index (χ0n) is 14.8. The summed E-state index contributed by atoms with van der Waals surface area (Å²) in [5, 5.41) is 6.28. The Morgan fingerprint density at radius 3 is 2.59 bits per heavy atom. The number of hydrogen-bond acceptors (Lipinski definition) is 6. The van der Waals surface area contributed by atoms with Crippen molar-refractivity contribution in [2.24, 2.45) is 5.92 Å². The van der Waals surface area contributed by atoms with E-state index >= 15 is 0 Å². The number of ether oxygens (including phenoxy) is 1. The molecule has 7 nitrogen and oxygen atoms in total. The van der Waals surface area contributed by atoms with Crippen molar-refractivity contribution in [2.45, 2.75) is 17.7 Å². The number of amides is 1. The molecule has 27 heavy (non-hydrogen) atoms. The number of benzene rings is 1. The maximum atomic E-state index is 12.9. The van der Waals surface area contributed by atoms with Crippen molar-refractivity contribution in [1.29, 1.82) is 0 Å². The van der Waals surface area contributed by atoms with Gasteiger partial charge in [-0.1, -0.05) is 0 Å². The van der Waals surface area contributed by atoms with Gasteiger partial charge < -0.3 is 10.1 Å². The molecule has 2 aromatic rings. The minimum absolute atomic E-state index is 0.117. The number of sulfonamides is 1. The molecule has 144 valence electrons. The zero-order chi connectivity index (χ0) is 19.4. The normalized spacial score (nSPS) is 18.0. The number of hydrogen-bond donors (Lipinski definition) is 1. The third-order valence-corrected chi connectivity index (χ3v) is 7.01. The van der Waals surface area contributed by atoms with E-state index in [1.807, 2.05) is 5.38 Å². The van der Waals surface area contributed by atoms with Crippen LogP contribution in [0.4, 0.5) is 5.69 Å². The van der Waals surface area contributed by atoms with Crippen LogP contribution in [0.2, 0.25) is 0 Å². The van der Waals surface area contributed by atoms with Gasteiger partial charge in [0.25, 0.3) is 5.91 Å². The quantitative estimate of drug-likeness (QED) is 0.768. The third-order valence-electron chi connectivity index (χ3n) is 4.45. The fraction of sp³-hybridized carbons (Fsp3) is 0.333. The van der Waals surface area contributed by atoms with Gasteiger partial charge in [-0.25, -0.2) is 8.42 Å². The molecule has 0 unspecified atom stereocenters. The number of carbonyl (C=O) groups is 2. The first-order chi connectivity index (χ1) is 12.9. The van der Waals surface area contributed by atoms with Gasteiger partial charge in [0.15, 0.2) is 0 Å². The van der Waals surface area contributed by atoms with Gasteiger partial charge in [0.1, 0.15) is 0 Å². The molecule has 1 aliphatic rings. The summed E-state index contributed by atoms with van der Waals surface area (Å²) in [6, 6.07) is 7.74. The maximum Gasteiger partial charge on any atom is 0.309 e. The summed E-state index contributed by atoms with van der Waals surface area (Å²) in [6.07, 6.45) is 1.22. The summed E-state index contributed by atoms with van der Waals surface area (Å²) < 4.78 is 31.8. The SMILES string of the molecule is COC(=O)[C@@H]1CCCN(S(=O)(=O)c2ccc(NC(=O)c3ccsc3)cc2)C1. The molecule has 1 saturated heterocycles. The zero-order valence-corrected chi connectivity index (χ0v) is 16.4. The van der Waals surface area contributed by atoms with Crippen LogP contribution in [0, 0.1) is 5.92 Å². The van der Waals surface area contributed by atoms with Gasteiger partial charge in [0, 0.05) is 24.2 Å². The number of thiophene rings is 1. The summed E-state index contributed by atoms with van der Waals surface area (Å²) >= 11 is 1.43. The number of rotatable bonds is 5. The molecule has 1 aliphatic heterocycles. The summed E-state index contributed by atoms with van der Waals surface area (Å²) in [4.78, 5) is 23.9. The first-order valence-corrected chi connectivity index (χ1v) is 10.8. The predicted octanol–water partition coefficient (Wildman–Crippen LogP) is 2.57. The minimum Gasteiger partial charge on any atom is -0.469 e. The van der Waals surface area contributed by atoms with Crippen LogP contribution < -0.4 is 5.32 Å². The van der Waals surface area contributed by atoms with Gasteiger partial charge in [0.05, 0.1) is 23.5 Å². The van der Waals surface area contributed by atoms with Gasteiger partial charge >= 0.3 is 5.97 Å². The number of anilines is 1. The van der Waals surface area contributed by atoms with Gasteiger partial charge in [-0.15, -0.1) is 0 Å². The van der Waals surface area contributed by atoms with Crippen molar-refractivity contribution in [1.82, 2.24) is 4.31 Å². The highest BCUT2D eigenvalue weighted by Crippen LogP contribution is 2.25. The average Bonchev–Trinajstić information content (AvgIpc) is 3.23. The van der Waals surface area contributed by atoms with E-state index in [0.29, 0.717) is 30.6 Å². The predicted molar refractivity (Wildman–Crippen MR) is 102 cm³/mol. The van der Waals surface area contributed by atoms with Gasteiger partial charge in [-0.05, 0) is 48.6 Å². The fourth-order valence-corrected chi connectivity index (χ4v) is 5.14. The molecule has 0 aliphatic carbocycles. The van der Waals surface area contributed by atoms with E-state index in [4.69, 9.17) is 4.74 Å². The molecule has 1 aromatic carbocycles. The molecule has 2 heterocycles. The lowest BCUT2D eigenvalue weighted by Crippen LogP contribution is -2.42. The van der Waals surface area contributed by atoms with E-state index < -0.39 is 15.9 Å². The first-order valence-electron chi connectivity index (χ1n) is 8.43. The van der Waals surface area contributed by atoms with Crippen molar-refractivity contribution in [2.75, 3.05) is 25.5 Å². The molecule has 1 fully saturated rings. The monoisotopic (exact) mass is 408 g/mol. The second-order valence-electron chi connectivity index (χ2n) is 6.22. The summed E-state index contributed by atoms with van der Waals surface area (Å²) in [5.41, 5.74) is 1.06. The number of methoxy groups -OCH3 is 1. The topological polar surface area (TPSA) is 92.8 Å². The lowest BCUT2D eigenvalue weighted by Gasteiger charge is -2.30.